The second kappa shape index (κ2) is 3.86. The molecule has 5 heteroatoms. The molecule has 1 atom stereocenters. The minimum absolute atomic E-state index is 0.0427. The first-order valence-electron chi connectivity index (χ1n) is 4.72. The first-order chi connectivity index (χ1) is 7.20. The maximum Gasteiger partial charge on any atom is 0.296 e. The predicted molar refractivity (Wildman–Crippen MR) is 56.1 cm³/mol. The van der Waals surface area contributed by atoms with Gasteiger partial charge in [0, 0.05) is 12.6 Å². The van der Waals surface area contributed by atoms with Crippen LogP contribution in [0.5, 0.6) is 0 Å². The van der Waals surface area contributed by atoms with Crippen molar-refractivity contribution in [3.63, 3.8) is 0 Å². The molecule has 0 saturated heterocycles. The molecule has 1 heterocycles. The van der Waals surface area contributed by atoms with Gasteiger partial charge in [-0.15, -0.1) is 0 Å². The smallest absolute Gasteiger partial charge is 0.296 e. The minimum atomic E-state index is -0.409. The molecule has 1 aromatic carbocycles. The predicted octanol–water partition coefficient (Wildman–Crippen LogP) is 1.73. The molecule has 0 aliphatic carbocycles. The number of hydrogen-bond donors (Lipinski definition) is 2. The number of para-hydroxylation sites is 1. The number of aromatic nitrogens is 1. The highest BCUT2D eigenvalue weighted by molar-refractivity contribution is 5.74. The van der Waals surface area contributed by atoms with Gasteiger partial charge in [0.2, 0.25) is 0 Å². The third-order valence-corrected chi connectivity index (χ3v) is 2.09. The molecule has 0 amide bonds. The van der Waals surface area contributed by atoms with Gasteiger partial charge in [-0.25, -0.2) is 4.39 Å². The van der Waals surface area contributed by atoms with Crippen LogP contribution in [0.25, 0.3) is 11.1 Å². The molecular formula is C10H12FN3O. The number of nitrogens with one attached hydrogen (secondary N) is 1. The van der Waals surface area contributed by atoms with Crippen LogP contribution in [0.4, 0.5) is 10.4 Å². The summed E-state index contributed by atoms with van der Waals surface area (Å²) in [6.07, 6.45) is 0. The summed E-state index contributed by atoms with van der Waals surface area (Å²) in [7, 11) is 0. The number of rotatable bonds is 3. The van der Waals surface area contributed by atoms with Crippen LogP contribution in [0.15, 0.2) is 22.6 Å². The average Bonchev–Trinajstić information content (AvgIpc) is 2.62. The second-order valence-electron chi connectivity index (χ2n) is 3.39. The van der Waals surface area contributed by atoms with Gasteiger partial charge in [-0.1, -0.05) is 6.07 Å². The zero-order valence-corrected chi connectivity index (χ0v) is 8.33. The Kier molecular flexibility index (Phi) is 2.55. The molecule has 2 rings (SSSR count). The average molecular weight is 209 g/mol. The van der Waals surface area contributed by atoms with Crippen molar-refractivity contribution in [3.8, 4) is 0 Å². The van der Waals surface area contributed by atoms with E-state index in [9.17, 15) is 4.39 Å². The molecule has 1 unspecified atom stereocenters. The quantitative estimate of drug-likeness (QED) is 0.808. The fourth-order valence-corrected chi connectivity index (χ4v) is 1.25. The third-order valence-electron chi connectivity index (χ3n) is 2.09. The van der Waals surface area contributed by atoms with Gasteiger partial charge in [-0.05, 0) is 19.1 Å². The molecule has 0 saturated carbocycles. The summed E-state index contributed by atoms with van der Waals surface area (Å²) in [5.74, 6) is -0.409. The largest absolute Gasteiger partial charge is 0.420 e. The second-order valence-corrected chi connectivity index (χ2v) is 3.39. The van der Waals surface area contributed by atoms with Gasteiger partial charge in [0.05, 0.1) is 0 Å². The molecule has 80 valence electrons. The Morgan fingerprint density at radius 2 is 2.40 bits per heavy atom. The van der Waals surface area contributed by atoms with Crippen LogP contribution >= 0.6 is 0 Å². The molecule has 3 N–H and O–H groups in total. The van der Waals surface area contributed by atoms with E-state index in [1.165, 1.54) is 6.07 Å². The molecule has 1 aromatic heterocycles. The summed E-state index contributed by atoms with van der Waals surface area (Å²) < 4.78 is 18.5. The van der Waals surface area contributed by atoms with Crippen molar-refractivity contribution in [2.75, 3.05) is 11.9 Å². The van der Waals surface area contributed by atoms with E-state index in [1.54, 1.807) is 12.1 Å². The molecule has 15 heavy (non-hydrogen) atoms. The van der Waals surface area contributed by atoms with Crippen molar-refractivity contribution >= 4 is 17.1 Å². The Morgan fingerprint density at radius 3 is 3.07 bits per heavy atom. The van der Waals surface area contributed by atoms with Crippen LogP contribution in [-0.2, 0) is 0 Å². The number of anilines is 1. The highest BCUT2D eigenvalue weighted by atomic mass is 19.1. The van der Waals surface area contributed by atoms with E-state index in [2.05, 4.69) is 10.3 Å². The normalized spacial score (nSPS) is 13.0. The molecular weight excluding hydrogens is 197 g/mol. The molecule has 2 aromatic rings. The number of oxazole rings is 1. The first-order valence-corrected chi connectivity index (χ1v) is 4.72. The van der Waals surface area contributed by atoms with Crippen LogP contribution in [-0.4, -0.2) is 17.6 Å². The van der Waals surface area contributed by atoms with E-state index < -0.39 is 5.82 Å². The standard InChI is InChI=1S/C10H12FN3O/c1-6(5-12)13-10-14-8-4-2-3-7(11)9(8)15-10/h2-4,6H,5,12H2,1H3,(H,13,14). The molecule has 0 fully saturated rings. The van der Waals surface area contributed by atoms with E-state index in [4.69, 9.17) is 10.2 Å². The van der Waals surface area contributed by atoms with Crippen LogP contribution in [0.1, 0.15) is 6.92 Å². The number of benzene rings is 1. The Balaban J connectivity index is 2.35. The Hall–Kier alpha value is -1.62. The van der Waals surface area contributed by atoms with Crippen molar-refractivity contribution < 1.29 is 8.81 Å². The number of nitrogens with two attached hydrogens (primary N) is 1. The number of nitrogens with zero attached hydrogens (tertiary/aromatic N) is 1. The molecule has 0 radical (unpaired) electrons. The Labute approximate surface area is 86.3 Å². The first kappa shape index (κ1) is 9.92. The summed E-state index contributed by atoms with van der Waals surface area (Å²) >= 11 is 0. The summed E-state index contributed by atoms with van der Waals surface area (Å²) in [5, 5.41) is 2.94. The van der Waals surface area contributed by atoms with E-state index in [0.717, 1.165) is 0 Å². The maximum absolute atomic E-state index is 13.2. The summed E-state index contributed by atoms with van der Waals surface area (Å²) in [6, 6.07) is 4.97. The zero-order valence-electron chi connectivity index (χ0n) is 8.33. The lowest BCUT2D eigenvalue weighted by atomic mass is 10.3. The van der Waals surface area contributed by atoms with E-state index >= 15 is 0 Å². The fraction of sp³-hybridized carbons (Fsp3) is 0.300. The van der Waals surface area contributed by atoms with Gasteiger partial charge < -0.3 is 15.5 Å². The van der Waals surface area contributed by atoms with Crippen LogP contribution in [0.3, 0.4) is 0 Å². The molecule has 0 spiro atoms. The number of hydrogen-bond acceptors (Lipinski definition) is 4. The number of halogens is 1. The third kappa shape index (κ3) is 1.92. The highest BCUT2D eigenvalue weighted by Crippen LogP contribution is 2.21. The van der Waals surface area contributed by atoms with Crippen molar-refractivity contribution in [3.05, 3.63) is 24.0 Å². The Bertz CT molecular complexity index is 469. The lowest BCUT2D eigenvalue weighted by Gasteiger charge is -2.07. The SMILES string of the molecule is CC(CN)Nc1nc2cccc(F)c2o1. The van der Waals surface area contributed by atoms with Crippen LogP contribution in [0.2, 0.25) is 0 Å². The van der Waals surface area contributed by atoms with E-state index in [0.29, 0.717) is 18.1 Å². The topological polar surface area (TPSA) is 64.1 Å². The summed E-state index contributed by atoms with van der Waals surface area (Å²) in [6.45, 7) is 2.35. The highest BCUT2D eigenvalue weighted by Gasteiger charge is 2.10. The molecule has 4 nitrogen and oxygen atoms in total. The van der Waals surface area contributed by atoms with Gasteiger partial charge in [0.25, 0.3) is 6.01 Å². The van der Waals surface area contributed by atoms with Gasteiger partial charge in [0.1, 0.15) is 5.52 Å². The monoisotopic (exact) mass is 209 g/mol. The maximum atomic E-state index is 13.2. The van der Waals surface area contributed by atoms with Gasteiger partial charge >= 0.3 is 0 Å². The lowest BCUT2D eigenvalue weighted by Crippen LogP contribution is -2.25. The Morgan fingerprint density at radius 1 is 1.60 bits per heavy atom. The summed E-state index contributed by atoms with van der Waals surface area (Å²) in [4.78, 5) is 4.09. The van der Waals surface area contributed by atoms with Crippen molar-refractivity contribution in [2.24, 2.45) is 5.73 Å². The van der Waals surface area contributed by atoms with Gasteiger partial charge in [-0.2, -0.15) is 4.98 Å². The molecule has 0 aliphatic heterocycles. The van der Waals surface area contributed by atoms with Crippen molar-refractivity contribution in [1.29, 1.82) is 0 Å². The minimum Gasteiger partial charge on any atom is -0.420 e. The lowest BCUT2D eigenvalue weighted by molar-refractivity contribution is 0.556. The molecule has 0 bridgehead atoms. The van der Waals surface area contributed by atoms with Gasteiger partial charge in [0.15, 0.2) is 11.4 Å². The summed E-state index contributed by atoms with van der Waals surface area (Å²) in [5.41, 5.74) is 6.11. The fourth-order valence-electron chi connectivity index (χ4n) is 1.25. The van der Waals surface area contributed by atoms with Crippen LogP contribution < -0.4 is 11.1 Å². The molecule has 0 aliphatic rings. The zero-order chi connectivity index (χ0) is 10.8. The van der Waals surface area contributed by atoms with E-state index in [-0.39, 0.29) is 11.6 Å². The van der Waals surface area contributed by atoms with Crippen molar-refractivity contribution in [2.45, 2.75) is 13.0 Å². The van der Waals surface area contributed by atoms with Crippen LogP contribution in [0, 0.1) is 5.82 Å². The van der Waals surface area contributed by atoms with Crippen molar-refractivity contribution in [1.82, 2.24) is 4.98 Å². The van der Waals surface area contributed by atoms with Gasteiger partial charge in [-0.3, -0.25) is 0 Å². The van der Waals surface area contributed by atoms with E-state index in [1.807, 2.05) is 6.92 Å². The number of fused-ring (bicyclic) bond motifs is 1.